The number of carbonyl (C=O) groups excluding carboxylic acids is 1. The van der Waals surface area contributed by atoms with E-state index in [9.17, 15) is 14.9 Å². The zero-order valence-electron chi connectivity index (χ0n) is 10.5. The number of hydrogen-bond acceptors (Lipinski definition) is 6. The lowest BCUT2D eigenvalue weighted by Crippen LogP contribution is -2.22. The van der Waals surface area contributed by atoms with Crippen molar-refractivity contribution in [2.45, 2.75) is 6.92 Å². The van der Waals surface area contributed by atoms with E-state index in [0.717, 1.165) is 0 Å². The van der Waals surface area contributed by atoms with Gasteiger partial charge in [-0.3, -0.25) is 4.79 Å². The standard InChI is InChI=1S/C10H9BrN6O3/c1-6(18)15(2)8-5-16(14-9(8)11)7-3-12-10(13-4-7)17(19)20/h3-5H,1-2H3. The second-order valence-electron chi connectivity index (χ2n) is 3.83. The maximum absolute atomic E-state index is 11.3. The van der Waals surface area contributed by atoms with Crippen molar-refractivity contribution in [2.75, 3.05) is 11.9 Å². The lowest BCUT2D eigenvalue weighted by Gasteiger charge is -2.11. The average molecular weight is 341 g/mol. The summed E-state index contributed by atoms with van der Waals surface area (Å²) in [6, 6.07) is 0. The van der Waals surface area contributed by atoms with Crippen molar-refractivity contribution < 1.29 is 9.72 Å². The van der Waals surface area contributed by atoms with Crippen LogP contribution in [0.5, 0.6) is 0 Å². The quantitative estimate of drug-likeness (QED) is 0.615. The van der Waals surface area contributed by atoms with Gasteiger partial charge in [0.1, 0.15) is 18.1 Å². The molecule has 2 aromatic heterocycles. The van der Waals surface area contributed by atoms with Crippen LogP contribution in [0.2, 0.25) is 0 Å². The number of nitrogens with zero attached hydrogens (tertiary/aromatic N) is 6. The molecule has 0 atom stereocenters. The van der Waals surface area contributed by atoms with Gasteiger partial charge in [0.25, 0.3) is 0 Å². The van der Waals surface area contributed by atoms with E-state index in [4.69, 9.17) is 0 Å². The Hall–Kier alpha value is -2.36. The van der Waals surface area contributed by atoms with Crippen LogP contribution < -0.4 is 4.90 Å². The summed E-state index contributed by atoms with van der Waals surface area (Å²) < 4.78 is 1.89. The van der Waals surface area contributed by atoms with Crippen molar-refractivity contribution in [3.63, 3.8) is 0 Å². The first-order chi connectivity index (χ1) is 9.40. The molecule has 0 radical (unpaired) electrons. The molecule has 1 amide bonds. The number of amides is 1. The van der Waals surface area contributed by atoms with Gasteiger partial charge in [-0.1, -0.05) is 9.97 Å². The topological polar surface area (TPSA) is 107 Å². The highest BCUT2D eigenvalue weighted by molar-refractivity contribution is 9.10. The molecule has 104 valence electrons. The molecular weight excluding hydrogens is 332 g/mol. The molecular formula is C10H9BrN6O3. The monoisotopic (exact) mass is 340 g/mol. The fraction of sp³-hybridized carbons (Fsp3) is 0.200. The predicted molar refractivity (Wildman–Crippen MR) is 72.6 cm³/mol. The lowest BCUT2D eigenvalue weighted by atomic mass is 10.4. The highest BCUT2D eigenvalue weighted by Crippen LogP contribution is 2.25. The Morgan fingerprint density at radius 1 is 1.45 bits per heavy atom. The van der Waals surface area contributed by atoms with Gasteiger partial charge in [0.15, 0.2) is 4.60 Å². The van der Waals surface area contributed by atoms with Gasteiger partial charge in [0.2, 0.25) is 5.91 Å². The first-order valence-electron chi connectivity index (χ1n) is 5.36. The third kappa shape index (κ3) is 2.64. The summed E-state index contributed by atoms with van der Waals surface area (Å²) in [5, 5.41) is 14.6. The molecule has 0 aliphatic carbocycles. The second kappa shape index (κ2) is 5.33. The minimum atomic E-state index is -0.683. The third-order valence-electron chi connectivity index (χ3n) is 2.54. The Bertz CT molecular complexity index is 668. The average Bonchev–Trinajstić information content (AvgIpc) is 2.80. The summed E-state index contributed by atoms with van der Waals surface area (Å²) in [5.74, 6) is -0.633. The molecule has 0 unspecified atom stereocenters. The number of rotatable bonds is 3. The van der Waals surface area contributed by atoms with Crippen molar-refractivity contribution in [3.8, 4) is 5.69 Å². The van der Waals surface area contributed by atoms with Gasteiger partial charge in [-0.05, 0) is 20.9 Å². The van der Waals surface area contributed by atoms with E-state index in [1.165, 1.54) is 28.9 Å². The first kappa shape index (κ1) is 14.1. The molecule has 0 spiro atoms. The van der Waals surface area contributed by atoms with Crippen molar-refractivity contribution in [2.24, 2.45) is 0 Å². The highest BCUT2D eigenvalue weighted by Gasteiger charge is 2.16. The highest BCUT2D eigenvalue weighted by atomic mass is 79.9. The van der Waals surface area contributed by atoms with Crippen LogP contribution in [0.25, 0.3) is 5.69 Å². The molecule has 0 bridgehead atoms. The van der Waals surface area contributed by atoms with Crippen LogP contribution in [0.1, 0.15) is 6.92 Å². The van der Waals surface area contributed by atoms with Gasteiger partial charge in [0.05, 0.1) is 11.9 Å². The van der Waals surface area contributed by atoms with E-state index < -0.39 is 10.9 Å². The molecule has 0 N–H and O–H groups in total. The van der Waals surface area contributed by atoms with Gasteiger partial charge in [-0.25, -0.2) is 4.68 Å². The normalized spacial score (nSPS) is 10.3. The zero-order chi connectivity index (χ0) is 14.9. The lowest BCUT2D eigenvalue weighted by molar-refractivity contribution is -0.394. The third-order valence-corrected chi connectivity index (χ3v) is 3.10. The summed E-state index contributed by atoms with van der Waals surface area (Å²) in [6.07, 6.45) is 4.15. The number of anilines is 1. The van der Waals surface area contributed by atoms with Crippen LogP contribution in [0.3, 0.4) is 0 Å². The summed E-state index contributed by atoms with van der Waals surface area (Å²) >= 11 is 3.25. The van der Waals surface area contributed by atoms with Crippen LogP contribution in [0.15, 0.2) is 23.2 Å². The van der Waals surface area contributed by atoms with Gasteiger partial charge in [0, 0.05) is 14.0 Å². The summed E-state index contributed by atoms with van der Waals surface area (Å²) in [4.78, 5) is 29.8. The maximum atomic E-state index is 11.3. The predicted octanol–water partition coefficient (Wildman–Crippen LogP) is 1.32. The second-order valence-corrected chi connectivity index (χ2v) is 4.58. The van der Waals surface area contributed by atoms with Crippen LogP contribution in [-0.4, -0.2) is 37.6 Å². The van der Waals surface area contributed by atoms with E-state index >= 15 is 0 Å². The van der Waals surface area contributed by atoms with Gasteiger partial charge in [-0.15, -0.1) is 0 Å². The van der Waals surface area contributed by atoms with Crippen LogP contribution in [0.4, 0.5) is 11.6 Å². The SMILES string of the molecule is CC(=O)N(C)c1cn(-c2cnc([N+](=O)[O-])nc2)nc1Br. The van der Waals surface area contributed by atoms with Crippen molar-refractivity contribution in [3.05, 3.63) is 33.3 Å². The number of nitro groups is 1. The zero-order valence-corrected chi connectivity index (χ0v) is 12.1. The smallest absolute Gasteiger partial charge is 0.390 e. The molecule has 0 aliphatic rings. The van der Waals surface area contributed by atoms with E-state index in [2.05, 4.69) is 31.0 Å². The van der Waals surface area contributed by atoms with Crippen LogP contribution in [0, 0.1) is 10.1 Å². The fourth-order valence-electron chi connectivity index (χ4n) is 1.40. The molecule has 0 fully saturated rings. The Kier molecular flexibility index (Phi) is 3.74. The van der Waals surface area contributed by atoms with E-state index in [0.29, 0.717) is 16.0 Å². The van der Waals surface area contributed by atoms with E-state index in [-0.39, 0.29) is 5.91 Å². The Morgan fingerprint density at radius 2 is 2.05 bits per heavy atom. The number of carbonyl (C=O) groups is 1. The van der Waals surface area contributed by atoms with Gasteiger partial charge >= 0.3 is 5.95 Å². The van der Waals surface area contributed by atoms with Crippen LogP contribution in [-0.2, 0) is 4.79 Å². The number of aromatic nitrogens is 4. The van der Waals surface area contributed by atoms with Gasteiger partial charge in [-0.2, -0.15) is 5.10 Å². The molecule has 10 heteroatoms. The summed E-state index contributed by atoms with van der Waals surface area (Å²) in [7, 11) is 1.61. The Labute approximate surface area is 121 Å². The summed E-state index contributed by atoms with van der Waals surface area (Å²) in [5.41, 5.74) is 1.01. The van der Waals surface area contributed by atoms with Crippen molar-refractivity contribution in [1.82, 2.24) is 19.7 Å². The number of halogens is 1. The molecule has 0 saturated carbocycles. The van der Waals surface area contributed by atoms with E-state index in [1.807, 2.05) is 0 Å². The van der Waals surface area contributed by atoms with Crippen molar-refractivity contribution in [1.29, 1.82) is 0 Å². The molecule has 2 aromatic rings. The Morgan fingerprint density at radius 3 is 2.55 bits per heavy atom. The molecule has 0 saturated heterocycles. The molecule has 2 heterocycles. The summed E-state index contributed by atoms with van der Waals surface area (Å²) in [6.45, 7) is 1.43. The minimum absolute atomic E-state index is 0.148. The molecule has 9 nitrogen and oxygen atoms in total. The van der Waals surface area contributed by atoms with E-state index in [1.54, 1.807) is 13.2 Å². The number of hydrogen-bond donors (Lipinski definition) is 0. The maximum Gasteiger partial charge on any atom is 0.468 e. The van der Waals surface area contributed by atoms with Crippen LogP contribution >= 0.6 is 15.9 Å². The minimum Gasteiger partial charge on any atom is -0.390 e. The van der Waals surface area contributed by atoms with Gasteiger partial charge < -0.3 is 15.0 Å². The molecule has 20 heavy (non-hydrogen) atoms. The molecule has 0 aliphatic heterocycles. The van der Waals surface area contributed by atoms with Crippen molar-refractivity contribution >= 4 is 33.5 Å². The largest absolute Gasteiger partial charge is 0.468 e. The molecule has 2 rings (SSSR count). The fourth-order valence-corrected chi connectivity index (χ4v) is 1.94. The molecule has 0 aromatic carbocycles. The Balaban J connectivity index is 2.36. The first-order valence-corrected chi connectivity index (χ1v) is 6.15.